The van der Waals surface area contributed by atoms with Crippen LogP contribution in [0.5, 0.6) is 11.5 Å². The largest absolute Gasteiger partial charge is 0.496 e. The minimum Gasteiger partial charge on any atom is -0.496 e. The number of carbonyl (C=O) groups is 1. The van der Waals surface area contributed by atoms with Gasteiger partial charge in [-0.1, -0.05) is 18.2 Å². The highest BCUT2D eigenvalue weighted by atomic mass is 16.5. The summed E-state index contributed by atoms with van der Waals surface area (Å²) >= 11 is 0. The average Bonchev–Trinajstić information content (AvgIpc) is 2.64. The molecular weight excluding hydrogens is 306 g/mol. The summed E-state index contributed by atoms with van der Waals surface area (Å²) in [5.74, 6) is 0.815. The van der Waals surface area contributed by atoms with Crippen molar-refractivity contribution in [2.45, 2.75) is 19.4 Å². The van der Waals surface area contributed by atoms with E-state index in [1.54, 1.807) is 25.3 Å². The zero-order valence-electron chi connectivity index (χ0n) is 14.1. The van der Waals surface area contributed by atoms with Crippen molar-refractivity contribution in [3.05, 3.63) is 59.2 Å². The fourth-order valence-electron chi connectivity index (χ4n) is 2.43. The average molecular weight is 329 g/mol. The van der Waals surface area contributed by atoms with E-state index in [0.29, 0.717) is 24.5 Å². The van der Waals surface area contributed by atoms with Crippen molar-refractivity contribution in [2.75, 3.05) is 20.8 Å². The molecule has 0 radical (unpaired) electrons. The van der Waals surface area contributed by atoms with E-state index in [9.17, 15) is 4.79 Å². The minimum atomic E-state index is -0.422. The summed E-state index contributed by atoms with van der Waals surface area (Å²) < 4.78 is 16.0. The molecule has 0 bridgehead atoms. The summed E-state index contributed by atoms with van der Waals surface area (Å²) in [5.41, 5.74) is 8.08. The molecule has 0 unspecified atom stereocenters. The van der Waals surface area contributed by atoms with E-state index in [4.69, 9.17) is 19.9 Å². The smallest absolute Gasteiger partial charge is 0.341 e. The molecule has 0 atom stereocenters. The summed E-state index contributed by atoms with van der Waals surface area (Å²) in [4.78, 5) is 11.8. The lowest BCUT2D eigenvalue weighted by atomic mass is 10.1. The maximum atomic E-state index is 11.8. The Morgan fingerprint density at radius 3 is 2.58 bits per heavy atom. The molecule has 5 nitrogen and oxygen atoms in total. The second-order valence-corrected chi connectivity index (χ2v) is 5.31. The van der Waals surface area contributed by atoms with Crippen LogP contribution >= 0.6 is 0 Å². The molecule has 0 heterocycles. The van der Waals surface area contributed by atoms with Gasteiger partial charge >= 0.3 is 5.97 Å². The highest BCUT2D eigenvalue weighted by Crippen LogP contribution is 2.25. The van der Waals surface area contributed by atoms with Gasteiger partial charge in [0.05, 0.1) is 14.2 Å². The van der Waals surface area contributed by atoms with Gasteiger partial charge in [0.25, 0.3) is 0 Å². The Hall–Kier alpha value is -2.53. The zero-order valence-corrected chi connectivity index (χ0v) is 14.1. The molecular formula is C19H23NO4. The fourth-order valence-corrected chi connectivity index (χ4v) is 2.43. The summed E-state index contributed by atoms with van der Waals surface area (Å²) in [6.07, 6.45) is 1.84. The molecule has 2 rings (SSSR count). The van der Waals surface area contributed by atoms with Crippen molar-refractivity contribution in [1.82, 2.24) is 0 Å². The third-order valence-corrected chi connectivity index (χ3v) is 3.69. The number of esters is 1. The van der Waals surface area contributed by atoms with Crippen molar-refractivity contribution >= 4 is 5.97 Å². The van der Waals surface area contributed by atoms with Crippen LogP contribution in [0.3, 0.4) is 0 Å². The topological polar surface area (TPSA) is 70.8 Å². The van der Waals surface area contributed by atoms with Crippen molar-refractivity contribution in [3.8, 4) is 11.5 Å². The molecule has 0 aliphatic carbocycles. The van der Waals surface area contributed by atoms with Crippen LogP contribution in [0.25, 0.3) is 0 Å². The van der Waals surface area contributed by atoms with Crippen LogP contribution in [0.1, 0.15) is 27.9 Å². The lowest BCUT2D eigenvalue weighted by molar-refractivity contribution is 0.0595. The molecule has 0 fully saturated rings. The first kappa shape index (κ1) is 17.8. The van der Waals surface area contributed by atoms with Crippen molar-refractivity contribution < 1.29 is 19.0 Å². The zero-order chi connectivity index (χ0) is 17.4. The number of para-hydroxylation sites is 1. The number of hydrogen-bond acceptors (Lipinski definition) is 5. The van der Waals surface area contributed by atoms with Gasteiger partial charge in [0.1, 0.15) is 23.7 Å². The van der Waals surface area contributed by atoms with Gasteiger partial charge < -0.3 is 19.9 Å². The first-order valence-electron chi connectivity index (χ1n) is 7.85. The number of nitrogens with two attached hydrogens (primary N) is 1. The van der Waals surface area contributed by atoms with Gasteiger partial charge in [-0.25, -0.2) is 4.79 Å². The summed E-state index contributed by atoms with van der Waals surface area (Å²) in [6, 6.07) is 13.0. The monoisotopic (exact) mass is 329 g/mol. The first-order valence-corrected chi connectivity index (χ1v) is 7.85. The maximum Gasteiger partial charge on any atom is 0.341 e. The van der Waals surface area contributed by atoms with Crippen LogP contribution in [0.15, 0.2) is 42.5 Å². The standard InChI is InChI=1S/C19H23NO4/c1-22-17-10-9-14(6-5-11-20)12-15(17)13-24-18-8-4-3-7-16(18)19(21)23-2/h3-4,7-10,12H,5-6,11,13,20H2,1-2H3. The van der Waals surface area contributed by atoms with E-state index in [0.717, 1.165) is 24.2 Å². The third-order valence-electron chi connectivity index (χ3n) is 3.69. The van der Waals surface area contributed by atoms with Crippen molar-refractivity contribution in [1.29, 1.82) is 0 Å². The lowest BCUT2D eigenvalue weighted by Crippen LogP contribution is -2.07. The maximum absolute atomic E-state index is 11.8. The second-order valence-electron chi connectivity index (χ2n) is 5.31. The fraction of sp³-hybridized carbons (Fsp3) is 0.316. The summed E-state index contributed by atoms with van der Waals surface area (Å²) in [7, 11) is 2.98. The predicted molar refractivity (Wildman–Crippen MR) is 92.5 cm³/mol. The Kier molecular flexibility index (Phi) is 6.63. The summed E-state index contributed by atoms with van der Waals surface area (Å²) in [6.45, 7) is 0.956. The van der Waals surface area contributed by atoms with Crippen molar-refractivity contribution in [2.24, 2.45) is 5.73 Å². The highest BCUT2D eigenvalue weighted by Gasteiger charge is 2.13. The van der Waals surface area contributed by atoms with Gasteiger partial charge in [-0.15, -0.1) is 0 Å². The van der Waals surface area contributed by atoms with Gasteiger partial charge in [0, 0.05) is 5.56 Å². The predicted octanol–water partition coefficient (Wildman–Crippen LogP) is 2.95. The number of carbonyl (C=O) groups excluding carboxylic acids is 1. The number of ether oxygens (including phenoxy) is 3. The minimum absolute atomic E-state index is 0.299. The number of aryl methyl sites for hydroxylation is 1. The number of hydrogen-bond donors (Lipinski definition) is 1. The molecule has 24 heavy (non-hydrogen) atoms. The van der Waals surface area contributed by atoms with E-state index in [1.807, 2.05) is 18.2 Å². The van der Waals surface area contributed by atoms with E-state index >= 15 is 0 Å². The molecule has 5 heteroatoms. The third kappa shape index (κ3) is 4.49. The quantitative estimate of drug-likeness (QED) is 0.754. The van der Waals surface area contributed by atoms with Crippen LogP contribution in [-0.4, -0.2) is 26.7 Å². The van der Waals surface area contributed by atoms with E-state index in [1.165, 1.54) is 12.7 Å². The molecule has 2 aromatic carbocycles. The molecule has 0 saturated carbocycles. The molecule has 2 N–H and O–H groups in total. The highest BCUT2D eigenvalue weighted by molar-refractivity contribution is 5.92. The van der Waals surface area contributed by atoms with E-state index in [2.05, 4.69) is 6.07 Å². The molecule has 0 saturated heterocycles. The Labute approximate surface area is 142 Å². The Morgan fingerprint density at radius 1 is 1.08 bits per heavy atom. The molecule has 0 aromatic heterocycles. The molecule has 0 spiro atoms. The van der Waals surface area contributed by atoms with Crippen LogP contribution < -0.4 is 15.2 Å². The Morgan fingerprint density at radius 2 is 1.88 bits per heavy atom. The molecule has 2 aromatic rings. The van der Waals surface area contributed by atoms with Gasteiger partial charge in [-0.2, -0.15) is 0 Å². The van der Waals surface area contributed by atoms with Crippen LogP contribution in [0.4, 0.5) is 0 Å². The van der Waals surface area contributed by atoms with Gasteiger partial charge in [0.15, 0.2) is 0 Å². The van der Waals surface area contributed by atoms with Gasteiger partial charge in [0.2, 0.25) is 0 Å². The first-order chi connectivity index (χ1) is 11.7. The van der Waals surface area contributed by atoms with E-state index in [-0.39, 0.29) is 0 Å². The molecule has 0 aliphatic rings. The normalized spacial score (nSPS) is 10.3. The van der Waals surface area contributed by atoms with E-state index < -0.39 is 5.97 Å². The van der Waals surface area contributed by atoms with Gasteiger partial charge in [-0.3, -0.25) is 0 Å². The molecule has 0 aliphatic heterocycles. The molecule has 128 valence electrons. The van der Waals surface area contributed by atoms with Crippen molar-refractivity contribution in [3.63, 3.8) is 0 Å². The summed E-state index contributed by atoms with van der Waals surface area (Å²) in [5, 5.41) is 0. The Bertz CT molecular complexity index is 685. The van der Waals surface area contributed by atoms with Crippen LogP contribution in [-0.2, 0) is 17.8 Å². The number of rotatable bonds is 8. The second kappa shape index (κ2) is 8.93. The number of benzene rings is 2. The van der Waals surface area contributed by atoms with Crippen LogP contribution in [0.2, 0.25) is 0 Å². The van der Waals surface area contributed by atoms with Crippen LogP contribution in [0, 0.1) is 0 Å². The lowest BCUT2D eigenvalue weighted by Gasteiger charge is -2.14. The Balaban J connectivity index is 2.18. The SMILES string of the molecule is COC(=O)c1ccccc1OCc1cc(CCCN)ccc1OC. The molecule has 0 amide bonds. The van der Waals surface area contributed by atoms with Gasteiger partial charge in [-0.05, 0) is 49.2 Å². The number of methoxy groups -OCH3 is 2.